The summed E-state index contributed by atoms with van der Waals surface area (Å²) in [5, 5.41) is 0. The number of hydrogen-bond acceptors (Lipinski definition) is 2. The van der Waals surface area contributed by atoms with E-state index in [0.717, 1.165) is 6.61 Å². The summed E-state index contributed by atoms with van der Waals surface area (Å²) in [6.07, 6.45) is 1.77. The van der Waals surface area contributed by atoms with E-state index in [4.69, 9.17) is 4.74 Å². The molecule has 0 unspecified atom stereocenters. The van der Waals surface area contributed by atoms with Gasteiger partial charge in [0.05, 0.1) is 6.34 Å². The van der Waals surface area contributed by atoms with Gasteiger partial charge < -0.3 is 9.64 Å². The summed E-state index contributed by atoms with van der Waals surface area (Å²) in [6.45, 7) is 8.58. The SMILES string of the molecule is C/N=C\N(C)COCC[Si](C)(C)C. The summed E-state index contributed by atoms with van der Waals surface area (Å²) < 4.78 is 5.49. The van der Waals surface area contributed by atoms with E-state index in [1.807, 2.05) is 11.9 Å². The second kappa shape index (κ2) is 6.15. The van der Waals surface area contributed by atoms with Crippen molar-refractivity contribution in [2.45, 2.75) is 25.7 Å². The minimum atomic E-state index is -0.925. The maximum absolute atomic E-state index is 5.49. The van der Waals surface area contributed by atoms with Gasteiger partial charge in [-0.15, -0.1) is 0 Å². The highest BCUT2D eigenvalue weighted by atomic mass is 28.3. The predicted molar refractivity (Wildman–Crippen MR) is 61.2 cm³/mol. The fourth-order valence-corrected chi connectivity index (χ4v) is 1.57. The Kier molecular flexibility index (Phi) is 5.99. The van der Waals surface area contributed by atoms with Crippen molar-refractivity contribution in [1.82, 2.24) is 4.90 Å². The van der Waals surface area contributed by atoms with E-state index in [1.54, 1.807) is 13.4 Å². The molecular weight excluding hydrogens is 180 g/mol. The van der Waals surface area contributed by atoms with Gasteiger partial charge in [-0.3, -0.25) is 4.99 Å². The van der Waals surface area contributed by atoms with Crippen molar-refractivity contribution >= 4 is 14.4 Å². The van der Waals surface area contributed by atoms with Crippen molar-refractivity contribution in [2.75, 3.05) is 27.4 Å². The van der Waals surface area contributed by atoms with Crippen LogP contribution in [0.25, 0.3) is 0 Å². The van der Waals surface area contributed by atoms with Crippen LogP contribution in [0.15, 0.2) is 4.99 Å². The molecule has 0 aromatic heterocycles. The summed E-state index contributed by atoms with van der Waals surface area (Å²) >= 11 is 0. The highest BCUT2D eigenvalue weighted by Gasteiger charge is 2.11. The molecule has 4 heteroatoms. The third-order valence-corrected chi connectivity index (χ3v) is 3.31. The molecule has 0 rings (SSSR count). The Bertz CT molecular complexity index is 154. The first-order valence-corrected chi connectivity index (χ1v) is 8.37. The van der Waals surface area contributed by atoms with Crippen molar-refractivity contribution in [3.63, 3.8) is 0 Å². The molecular formula is C9H22N2OSi. The molecule has 78 valence electrons. The molecule has 0 atom stereocenters. The Balaban J connectivity index is 3.36. The molecule has 13 heavy (non-hydrogen) atoms. The van der Waals surface area contributed by atoms with Crippen LogP contribution in [0.3, 0.4) is 0 Å². The van der Waals surface area contributed by atoms with Crippen molar-refractivity contribution in [1.29, 1.82) is 0 Å². The zero-order valence-corrected chi connectivity index (χ0v) is 10.5. The molecule has 0 aromatic carbocycles. The molecule has 0 bridgehead atoms. The fourth-order valence-electron chi connectivity index (χ4n) is 0.817. The van der Waals surface area contributed by atoms with E-state index in [9.17, 15) is 0 Å². The van der Waals surface area contributed by atoms with Crippen LogP contribution in [-0.4, -0.2) is 46.7 Å². The van der Waals surface area contributed by atoms with Gasteiger partial charge in [0.25, 0.3) is 0 Å². The first-order valence-electron chi connectivity index (χ1n) is 4.66. The minimum absolute atomic E-state index is 0.641. The summed E-state index contributed by atoms with van der Waals surface area (Å²) in [4.78, 5) is 5.83. The highest BCUT2D eigenvalue weighted by Crippen LogP contribution is 2.07. The quantitative estimate of drug-likeness (QED) is 0.216. The fraction of sp³-hybridized carbons (Fsp3) is 0.889. The summed E-state index contributed by atoms with van der Waals surface area (Å²) in [5.41, 5.74) is 0. The van der Waals surface area contributed by atoms with E-state index >= 15 is 0 Å². The van der Waals surface area contributed by atoms with Crippen LogP contribution in [0.4, 0.5) is 0 Å². The molecule has 0 radical (unpaired) electrons. The van der Waals surface area contributed by atoms with Crippen LogP contribution in [0.2, 0.25) is 25.7 Å². The van der Waals surface area contributed by atoms with Gasteiger partial charge in [0, 0.05) is 28.8 Å². The molecule has 0 aliphatic carbocycles. The third kappa shape index (κ3) is 9.56. The van der Waals surface area contributed by atoms with E-state index in [0.29, 0.717) is 6.73 Å². The lowest BCUT2D eigenvalue weighted by molar-refractivity contribution is 0.0873. The van der Waals surface area contributed by atoms with E-state index in [1.165, 1.54) is 6.04 Å². The number of hydrogen-bond donors (Lipinski definition) is 0. The number of ether oxygens (including phenoxy) is 1. The summed E-state index contributed by atoms with van der Waals surface area (Å²) in [5.74, 6) is 0. The Hall–Kier alpha value is -0.353. The zero-order valence-electron chi connectivity index (χ0n) is 9.50. The first kappa shape index (κ1) is 12.6. The Morgan fingerprint density at radius 3 is 2.46 bits per heavy atom. The van der Waals surface area contributed by atoms with Gasteiger partial charge in [0.2, 0.25) is 0 Å². The van der Waals surface area contributed by atoms with Crippen molar-refractivity contribution in [2.24, 2.45) is 4.99 Å². The van der Waals surface area contributed by atoms with Crippen molar-refractivity contribution < 1.29 is 4.74 Å². The monoisotopic (exact) mass is 202 g/mol. The second-order valence-corrected chi connectivity index (χ2v) is 10.1. The summed E-state index contributed by atoms with van der Waals surface area (Å²) in [6, 6.07) is 1.23. The van der Waals surface area contributed by atoms with Crippen LogP contribution < -0.4 is 0 Å². The molecule has 0 heterocycles. The van der Waals surface area contributed by atoms with Gasteiger partial charge >= 0.3 is 0 Å². The maximum Gasteiger partial charge on any atom is 0.119 e. The molecule has 0 aromatic rings. The van der Waals surface area contributed by atoms with Crippen molar-refractivity contribution in [3.8, 4) is 0 Å². The smallest absolute Gasteiger partial charge is 0.119 e. The van der Waals surface area contributed by atoms with E-state index in [-0.39, 0.29) is 0 Å². The number of nitrogens with zero attached hydrogens (tertiary/aromatic N) is 2. The molecule has 0 fully saturated rings. The number of aliphatic imine (C=N–C) groups is 1. The van der Waals surface area contributed by atoms with E-state index < -0.39 is 8.07 Å². The minimum Gasteiger partial charge on any atom is -0.361 e. The molecule has 0 aliphatic rings. The number of rotatable bonds is 6. The largest absolute Gasteiger partial charge is 0.361 e. The third-order valence-electron chi connectivity index (χ3n) is 1.60. The molecule has 0 N–H and O–H groups in total. The van der Waals surface area contributed by atoms with Gasteiger partial charge in [0.15, 0.2) is 0 Å². The lowest BCUT2D eigenvalue weighted by Gasteiger charge is -2.17. The molecule has 0 spiro atoms. The molecule has 3 nitrogen and oxygen atoms in total. The lowest BCUT2D eigenvalue weighted by atomic mass is 10.8. The molecule has 0 saturated carbocycles. The van der Waals surface area contributed by atoms with Gasteiger partial charge in [-0.2, -0.15) is 0 Å². The average molecular weight is 202 g/mol. The predicted octanol–water partition coefficient (Wildman–Crippen LogP) is 1.89. The average Bonchev–Trinajstić information content (AvgIpc) is 1.97. The lowest BCUT2D eigenvalue weighted by Crippen LogP contribution is -2.25. The molecule has 0 aliphatic heterocycles. The second-order valence-electron chi connectivity index (χ2n) is 4.48. The Morgan fingerprint density at radius 1 is 1.38 bits per heavy atom. The standard InChI is InChI=1S/C9H22N2OSi/c1-10-8-11(2)9-12-6-7-13(3,4)5/h8H,6-7,9H2,1-5H3/b10-8-. The molecule has 0 saturated heterocycles. The van der Waals surface area contributed by atoms with E-state index in [2.05, 4.69) is 24.6 Å². The van der Waals surface area contributed by atoms with Gasteiger partial charge in [-0.1, -0.05) is 19.6 Å². The Labute approximate surface area is 82.8 Å². The van der Waals surface area contributed by atoms with Crippen LogP contribution in [0, 0.1) is 0 Å². The zero-order chi connectivity index (χ0) is 10.3. The first-order chi connectivity index (χ1) is 5.95. The highest BCUT2D eigenvalue weighted by molar-refractivity contribution is 6.76. The topological polar surface area (TPSA) is 24.8 Å². The normalized spacial score (nSPS) is 12.4. The van der Waals surface area contributed by atoms with Gasteiger partial charge in [-0.05, 0) is 6.04 Å². The van der Waals surface area contributed by atoms with Crippen LogP contribution in [-0.2, 0) is 4.74 Å². The van der Waals surface area contributed by atoms with Crippen molar-refractivity contribution in [3.05, 3.63) is 0 Å². The van der Waals surface area contributed by atoms with Crippen LogP contribution in [0.5, 0.6) is 0 Å². The summed E-state index contributed by atoms with van der Waals surface area (Å²) in [7, 11) is 2.80. The van der Waals surface area contributed by atoms with Gasteiger partial charge in [0.1, 0.15) is 6.73 Å². The molecule has 0 amide bonds. The van der Waals surface area contributed by atoms with Crippen LogP contribution >= 0.6 is 0 Å². The maximum atomic E-state index is 5.49. The van der Waals surface area contributed by atoms with Gasteiger partial charge in [-0.25, -0.2) is 0 Å². The Morgan fingerprint density at radius 2 is 2.00 bits per heavy atom. The van der Waals surface area contributed by atoms with Crippen LogP contribution in [0.1, 0.15) is 0 Å².